The van der Waals surface area contributed by atoms with E-state index >= 15 is 0 Å². The number of rotatable bonds is 5. The Kier molecular flexibility index (Phi) is 4.18. The molecule has 1 aliphatic rings. The van der Waals surface area contributed by atoms with Gasteiger partial charge in [0.25, 0.3) is 0 Å². The Labute approximate surface area is 102 Å². The fourth-order valence-electron chi connectivity index (χ4n) is 2.29. The first kappa shape index (κ1) is 12.2. The van der Waals surface area contributed by atoms with Crippen molar-refractivity contribution < 1.29 is 9.15 Å². The minimum absolute atomic E-state index is 0.373. The van der Waals surface area contributed by atoms with Gasteiger partial charge in [0.1, 0.15) is 11.8 Å². The molecule has 0 aliphatic carbocycles. The Morgan fingerprint density at radius 2 is 2.41 bits per heavy atom. The molecule has 1 saturated heterocycles. The minimum Gasteiger partial charge on any atom is -0.449 e. The lowest BCUT2D eigenvalue weighted by Gasteiger charge is -2.16. The van der Waals surface area contributed by atoms with Crippen LogP contribution in [0.25, 0.3) is 0 Å². The van der Waals surface area contributed by atoms with E-state index < -0.39 is 0 Å². The summed E-state index contributed by atoms with van der Waals surface area (Å²) in [4.78, 5) is 0. The maximum atomic E-state index is 8.63. The van der Waals surface area contributed by atoms with Crippen LogP contribution in [0.4, 0.5) is 0 Å². The summed E-state index contributed by atoms with van der Waals surface area (Å²) >= 11 is 0. The molecule has 0 amide bonds. The number of nitrogens with one attached hydrogen (secondary N) is 1. The van der Waals surface area contributed by atoms with E-state index in [4.69, 9.17) is 14.4 Å². The lowest BCUT2D eigenvalue weighted by Crippen LogP contribution is -2.27. The molecule has 4 nitrogen and oxygen atoms in total. The molecule has 2 heterocycles. The Bertz CT molecular complexity index is 394. The van der Waals surface area contributed by atoms with Crippen molar-refractivity contribution in [3.05, 3.63) is 23.7 Å². The molecule has 1 aromatic heterocycles. The van der Waals surface area contributed by atoms with E-state index in [9.17, 15) is 0 Å². The molecule has 1 N–H and O–H groups in total. The van der Waals surface area contributed by atoms with Crippen LogP contribution in [-0.2, 0) is 11.3 Å². The topological polar surface area (TPSA) is 58.2 Å². The normalized spacial score (nSPS) is 23.8. The van der Waals surface area contributed by atoms with Gasteiger partial charge in [-0.05, 0) is 30.9 Å². The van der Waals surface area contributed by atoms with Gasteiger partial charge >= 0.3 is 0 Å². The van der Waals surface area contributed by atoms with Crippen molar-refractivity contribution in [3.63, 3.8) is 0 Å². The summed E-state index contributed by atoms with van der Waals surface area (Å²) in [6, 6.07) is 5.52. The zero-order valence-corrected chi connectivity index (χ0v) is 10.1. The van der Waals surface area contributed by atoms with Crippen molar-refractivity contribution in [2.75, 3.05) is 13.2 Å². The highest BCUT2D eigenvalue weighted by molar-refractivity contribution is 5.18. The molecule has 2 unspecified atom stereocenters. The lowest BCUT2D eigenvalue weighted by atomic mass is 10.00. The van der Waals surface area contributed by atoms with E-state index in [0.717, 1.165) is 31.8 Å². The van der Waals surface area contributed by atoms with Crippen LogP contribution < -0.4 is 5.32 Å². The van der Waals surface area contributed by atoms with Gasteiger partial charge in [-0.25, -0.2) is 0 Å². The summed E-state index contributed by atoms with van der Waals surface area (Å²) in [5.41, 5.74) is 0. The van der Waals surface area contributed by atoms with Gasteiger partial charge < -0.3 is 14.5 Å². The number of hydrogen-bond acceptors (Lipinski definition) is 4. The van der Waals surface area contributed by atoms with Crippen molar-refractivity contribution in [3.8, 4) is 6.07 Å². The standard InChI is InChI=1S/C13H18N2O2/c1-2-13-10(5-6-16-13)8-15-9-12-4-3-11(7-14)17-12/h3-4,10,13,15H,2,5-6,8-9H2,1H3. The highest BCUT2D eigenvalue weighted by atomic mass is 16.5. The average Bonchev–Trinajstić information content (AvgIpc) is 2.97. The molecule has 17 heavy (non-hydrogen) atoms. The highest BCUT2D eigenvalue weighted by Gasteiger charge is 2.25. The van der Waals surface area contributed by atoms with Crippen LogP contribution in [-0.4, -0.2) is 19.3 Å². The molecule has 1 fully saturated rings. The fourth-order valence-corrected chi connectivity index (χ4v) is 2.29. The Balaban J connectivity index is 1.74. The van der Waals surface area contributed by atoms with E-state index in [1.54, 1.807) is 6.07 Å². The molecule has 0 aromatic carbocycles. The molecule has 1 aromatic rings. The number of furan rings is 1. The van der Waals surface area contributed by atoms with Gasteiger partial charge in [0.15, 0.2) is 0 Å². The molecular formula is C13H18N2O2. The second kappa shape index (κ2) is 5.85. The van der Waals surface area contributed by atoms with Gasteiger partial charge in [-0.15, -0.1) is 0 Å². The van der Waals surface area contributed by atoms with Crippen molar-refractivity contribution in [2.45, 2.75) is 32.4 Å². The van der Waals surface area contributed by atoms with Crippen LogP contribution in [0.2, 0.25) is 0 Å². The van der Waals surface area contributed by atoms with E-state index in [1.807, 2.05) is 12.1 Å². The molecule has 2 rings (SSSR count). The molecule has 0 saturated carbocycles. The zero-order valence-electron chi connectivity index (χ0n) is 10.1. The van der Waals surface area contributed by atoms with Gasteiger partial charge in [0, 0.05) is 13.2 Å². The molecular weight excluding hydrogens is 216 g/mol. The van der Waals surface area contributed by atoms with Crippen LogP contribution >= 0.6 is 0 Å². The third-order valence-corrected chi connectivity index (χ3v) is 3.23. The van der Waals surface area contributed by atoms with Crippen LogP contribution in [0.15, 0.2) is 16.5 Å². The van der Waals surface area contributed by atoms with E-state index in [1.165, 1.54) is 0 Å². The summed E-state index contributed by atoms with van der Waals surface area (Å²) in [5.74, 6) is 1.79. The number of nitrogens with zero attached hydrogens (tertiary/aromatic N) is 1. The SMILES string of the molecule is CCC1OCCC1CNCc1ccc(C#N)o1. The van der Waals surface area contributed by atoms with E-state index in [0.29, 0.717) is 24.3 Å². The Morgan fingerprint density at radius 3 is 3.12 bits per heavy atom. The molecule has 2 atom stereocenters. The van der Waals surface area contributed by atoms with Gasteiger partial charge in [0.2, 0.25) is 5.76 Å². The van der Waals surface area contributed by atoms with Crippen molar-refractivity contribution >= 4 is 0 Å². The summed E-state index contributed by atoms with van der Waals surface area (Å²) < 4.78 is 10.9. The number of ether oxygens (including phenoxy) is 1. The maximum Gasteiger partial charge on any atom is 0.203 e. The molecule has 92 valence electrons. The maximum absolute atomic E-state index is 8.63. The van der Waals surface area contributed by atoms with Gasteiger partial charge in [-0.1, -0.05) is 6.92 Å². The first-order valence-corrected chi connectivity index (χ1v) is 6.14. The van der Waals surface area contributed by atoms with Crippen LogP contribution in [0, 0.1) is 17.2 Å². The average molecular weight is 234 g/mol. The Hall–Kier alpha value is -1.31. The van der Waals surface area contributed by atoms with E-state index in [-0.39, 0.29) is 0 Å². The third kappa shape index (κ3) is 3.09. The molecule has 0 bridgehead atoms. The fraction of sp³-hybridized carbons (Fsp3) is 0.615. The first-order valence-electron chi connectivity index (χ1n) is 6.14. The van der Waals surface area contributed by atoms with Gasteiger partial charge in [0.05, 0.1) is 12.6 Å². The predicted octanol–water partition coefficient (Wildman–Crippen LogP) is 2.06. The van der Waals surface area contributed by atoms with Crippen molar-refractivity contribution in [1.82, 2.24) is 5.32 Å². The minimum atomic E-state index is 0.373. The monoisotopic (exact) mass is 234 g/mol. The largest absolute Gasteiger partial charge is 0.449 e. The second-order valence-electron chi connectivity index (χ2n) is 4.37. The summed E-state index contributed by atoms with van der Waals surface area (Å²) in [5, 5.41) is 12.0. The molecule has 0 spiro atoms. The summed E-state index contributed by atoms with van der Waals surface area (Å²) in [7, 11) is 0. The first-order chi connectivity index (χ1) is 8.33. The number of nitriles is 1. The molecule has 0 radical (unpaired) electrons. The van der Waals surface area contributed by atoms with Gasteiger partial charge in [-0.2, -0.15) is 5.26 Å². The van der Waals surface area contributed by atoms with Crippen molar-refractivity contribution in [2.24, 2.45) is 5.92 Å². The summed E-state index contributed by atoms with van der Waals surface area (Å²) in [6.45, 7) is 4.66. The third-order valence-electron chi connectivity index (χ3n) is 3.23. The molecule has 1 aliphatic heterocycles. The van der Waals surface area contributed by atoms with Crippen LogP contribution in [0.5, 0.6) is 0 Å². The zero-order chi connectivity index (χ0) is 12.1. The second-order valence-corrected chi connectivity index (χ2v) is 4.37. The summed E-state index contributed by atoms with van der Waals surface area (Å²) in [6.07, 6.45) is 2.60. The smallest absolute Gasteiger partial charge is 0.203 e. The Morgan fingerprint density at radius 1 is 1.53 bits per heavy atom. The highest BCUT2D eigenvalue weighted by Crippen LogP contribution is 2.22. The quantitative estimate of drug-likeness (QED) is 0.847. The van der Waals surface area contributed by atoms with Crippen LogP contribution in [0.3, 0.4) is 0 Å². The molecule has 4 heteroatoms. The number of hydrogen-bond donors (Lipinski definition) is 1. The van der Waals surface area contributed by atoms with E-state index in [2.05, 4.69) is 12.2 Å². The van der Waals surface area contributed by atoms with Crippen molar-refractivity contribution in [1.29, 1.82) is 5.26 Å². The lowest BCUT2D eigenvalue weighted by molar-refractivity contribution is 0.0871. The van der Waals surface area contributed by atoms with Gasteiger partial charge in [-0.3, -0.25) is 0 Å². The van der Waals surface area contributed by atoms with Crippen LogP contribution in [0.1, 0.15) is 31.3 Å². The predicted molar refractivity (Wildman–Crippen MR) is 63.3 cm³/mol.